The maximum atomic E-state index is 9.47. The van der Waals surface area contributed by atoms with Crippen molar-refractivity contribution in [3.8, 4) is 11.8 Å². The topological polar surface area (TPSA) is 56.4 Å². The molecule has 1 aliphatic heterocycles. The van der Waals surface area contributed by atoms with Gasteiger partial charge in [0.2, 0.25) is 0 Å². The van der Waals surface area contributed by atoms with Crippen LogP contribution in [0.5, 0.6) is 5.75 Å². The van der Waals surface area contributed by atoms with Gasteiger partial charge in [0.05, 0.1) is 17.7 Å². The Morgan fingerprint density at radius 2 is 1.86 bits per heavy atom. The summed E-state index contributed by atoms with van der Waals surface area (Å²) in [5.41, 5.74) is 4.15. The van der Waals surface area contributed by atoms with Gasteiger partial charge in [-0.05, 0) is 49.0 Å². The van der Waals surface area contributed by atoms with Gasteiger partial charge in [-0.1, -0.05) is 25.0 Å². The molecule has 1 fully saturated rings. The molecule has 1 atom stereocenters. The first-order chi connectivity index (χ1) is 10.2. The normalized spacial score (nSPS) is 23.0. The van der Waals surface area contributed by atoms with Crippen LogP contribution in [0.1, 0.15) is 44.6 Å². The fourth-order valence-corrected chi connectivity index (χ4v) is 3.48. The highest BCUT2D eigenvalue weighted by Gasteiger charge is 2.28. The highest BCUT2D eigenvalue weighted by Crippen LogP contribution is 2.36. The number of hydrogen-bond acceptors (Lipinski definition) is 3. The number of dihydropyridines is 1. The van der Waals surface area contributed by atoms with Gasteiger partial charge in [-0.25, -0.2) is 0 Å². The molecule has 0 saturated heterocycles. The van der Waals surface area contributed by atoms with Crippen LogP contribution in [0, 0.1) is 17.2 Å². The second kappa shape index (κ2) is 5.73. The lowest BCUT2D eigenvalue weighted by atomic mass is 9.85. The molecule has 21 heavy (non-hydrogen) atoms. The van der Waals surface area contributed by atoms with E-state index in [1.54, 1.807) is 12.1 Å². The number of allylic oxidation sites excluding steroid dienone is 1. The molecule has 1 aliphatic carbocycles. The number of aromatic hydroxyl groups is 1. The van der Waals surface area contributed by atoms with Gasteiger partial charge in [0.1, 0.15) is 5.75 Å². The lowest BCUT2D eigenvalue weighted by molar-refractivity contribution is 0.475. The van der Waals surface area contributed by atoms with Crippen molar-refractivity contribution >= 4 is 11.3 Å². The van der Waals surface area contributed by atoms with Crippen LogP contribution in [0.3, 0.4) is 0 Å². The van der Waals surface area contributed by atoms with E-state index in [1.807, 2.05) is 19.1 Å². The van der Waals surface area contributed by atoms with E-state index in [-0.39, 0.29) is 11.8 Å². The molecular weight excluding hydrogens is 260 g/mol. The summed E-state index contributed by atoms with van der Waals surface area (Å²) < 4.78 is 0. The number of benzene rings is 1. The Kier molecular flexibility index (Phi) is 3.79. The van der Waals surface area contributed by atoms with Crippen LogP contribution in [0.4, 0.5) is 0 Å². The summed E-state index contributed by atoms with van der Waals surface area (Å²) in [5, 5.41) is 18.9. The average Bonchev–Trinajstić information content (AvgIpc) is 3.01. The lowest BCUT2D eigenvalue weighted by Crippen LogP contribution is -2.21. The van der Waals surface area contributed by atoms with Crippen LogP contribution in [-0.2, 0) is 0 Å². The quantitative estimate of drug-likeness (QED) is 0.887. The maximum Gasteiger partial charge on any atom is 0.115 e. The summed E-state index contributed by atoms with van der Waals surface area (Å²) in [7, 11) is 0. The zero-order valence-corrected chi connectivity index (χ0v) is 12.3. The van der Waals surface area contributed by atoms with Crippen molar-refractivity contribution in [2.24, 2.45) is 10.9 Å². The zero-order chi connectivity index (χ0) is 14.8. The van der Waals surface area contributed by atoms with Crippen LogP contribution in [0.15, 0.2) is 34.8 Å². The number of nitrogens with zero attached hydrogens (tertiary/aromatic N) is 2. The van der Waals surface area contributed by atoms with Gasteiger partial charge in [0.15, 0.2) is 0 Å². The second-order valence-corrected chi connectivity index (χ2v) is 6.01. The average molecular weight is 280 g/mol. The highest BCUT2D eigenvalue weighted by molar-refractivity contribution is 5.99. The van der Waals surface area contributed by atoms with E-state index in [9.17, 15) is 10.4 Å². The Morgan fingerprint density at radius 3 is 2.48 bits per heavy atom. The number of phenolic OH excluding ortho intramolecular Hbond substituents is 1. The molecule has 108 valence electrons. The van der Waals surface area contributed by atoms with Crippen molar-refractivity contribution in [1.29, 1.82) is 5.26 Å². The minimum absolute atomic E-state index is 0.0526. The fraction of sp³-hybridized carbons (Fsp3) is 0.444. The molecule has 3 rings (SSSR count). The number of rotatable bonds is 2. The van der Waals surface area contributed by atoms with E-state index in [2.05, 4.69) is 6.07 Å². The number of phenols is 1. The first kappa shape index (κ1) is 13.9. The summed E-state index contributed by atoms with van der Waals surface area (Å²) in [5.74, 6) is 0.853. The predicted octanol–water partition coefficient (Wildman–Crippen LogP) is 4.09. The molecule has 0 aromatic heterocycles. The van der Waals surface area contributed by atoms with Crippen molar-refractivity contribution in [3.05, 3.63) is 35.4 Å². The SMILES string of the molecule is CC1N=C(C2CCCC2)CC(c2ccc(O)cc2)=C1C#N. The Balaban J connectivity index is 1.95. The third kappa shape index (κ3) is 2.71. The molecule has 0 amide bonds. The monoisotopic (exact) mass is 280 g/mol. The van der Waals surface area contributed by atoms with E-state index in [0.29, 0.717) is 5.92 Å². The van der Waals surface area contributed by atoms with E-state index in [4.69, 9.17) is 4.99 Å². The summed E-state index contributed by atoms with van der Waals surface area (Å²) in [6.45, 7) is 2.01. The van der Waals surface area contributed by atoms with Crippen LogP contribution < -0.4 is 0 Å². The minimum atomic E-state index is -0.0526. The van der Waals surface area contributed by atoms with Crippen LogP contribution >= 0.6 is 0 Å². The van der Waals surface area contributed by atoms with E-state index >= 15 is 0 Å². The zero-order valence-electron chi connectivity index (χ0n) is 12.3. The molecule has 1 N–H and O–H groups in total. The Bertz CT molecular complexity index is 628. The number of hydrogen-bond donors (Lipinski definition) is 1. The van der Waals surface area contributed by atoms with Gasteiger partial charge < -0.3 is 5.11 Å². The minimum Gasteiger partial charge on any atom is -0.508 e. The standard InChI is InChI=1S/C18H20N2O/c1-12-17(11-19)16(13-6-8-15(21)9-7-13)10-18(20-12)14-4-2-3-5-14/h6-9,12,14,21H,2-5,10H2,1H3. The molecule has 1 aromatic carbocycles. The van der Waals surface area contributed by atoms with Gasteiger partial charge in [-0.15, -0.1) is 0 Å². The molecule has 0 radical (unpaired) electrons. The van der Waals surface area contributed by atoms with Crippen LogP contribution in [-0.4, -0.2) is 16.9 Å². The summed E-state index contributed by atoms with van der Waals surface area (Å²) in [4.78, 5) is 4.80. The Morgan fingerprint density at radius 1 is 1.19 bits per heavy atom. The predicted molar refractivity (Wildman–Crippen MR) is 84.1 cm³/mol. The summed E-state index contributed by atoms with van der Waals surface area (Å²) >= 11 is 0. The third-order valence-electron chi connectivity index (χ3n) is 4.62. The smallest absolute Gasteiger partial charge is 0.115 e. The van der Waals surface area contributed by atoms with Gasteiger partial charge >= 0.3 is 0 Å². The number of aliphatic imine (C=N–C) groups is 1. The van der Waals surface area contributed by atoms with E-state index in [0.717, 1.165) is 23.1 Å². The lowest BCUT2D eigenvalue weighted by Gasteiger charge is -2.25. The fourth-order valence-electron chi connectivity index (χ4n) is 3.48. The molecule has 1 aromatic rings. The van der Waals surface area contributed by atoms with Crippen molar-refractivity contribution < 1.29 is 5.11 Å². The Hall–Kier alpha value is -2.08. The molecule has 1 saturated carbocycles. The van der Waals surface area contributed by atoms with Gasteiger partial charge in [-0.2, -0.15) is 5.26 Å². The Labute approximate surface area is 125 Å². The van der Waals surface area contributed by atoms with E-state index in [1.165, 1.54) is 31.4 Å². The molecular formula is C18H20N2O. The number of nitriles is 1. The summed E-state index contributed by atoms with van der Waals surface area (Å²) in [6, 6.07) is 9.44. The molecule has 1 heterocycles. The van der Waals surface area contributed by atoms with Gasteiger partial charge in [0, 0.05) is 12.1 Å². The van der Waals surface area contributed by atoms with Gasteiger partial charge in [0.25, 0.3) is 0 Å². The van der Waals surface area contributed by atoms with Crippen LogP contribution in [0.25, 0.3) is 5.57 Å². The maximum absolute atomic E-state index is 9.47. The molecule has 0 bridgehead atoms. The third-order valence-corrected chi connectivity index (χ3v) is 4.62. The molecule has 2 aliphatic rings. The molecule has 3 heteroatoms. The van der Waals surface area contributed by atoms with Crippen molar-refractivity contribution in [1.82, 2.24) is 0 Å². The first-order valence-corrected chi connectivity index (χ1v) is 7.68. The molecule has 1 unspecified atom stereocenters. The van der Waals surface area contributed by atoms with Gasteiger partial charge in [-0.3, -0.25) is 4.99 Å². The van der Waals surface area contributed by atoms with Crippen molar-refractivity contribution in [2.45, 2.75) is 45.1 Å². The molecule has 0 spiro atoms. The highest BCUT2D eigenvalue weighted by atomic mass is 16.3. The van der Waals surface area contributed by atoms with Crippen molar-refractivity contribution in [2.75, 3.05) is 0 Å². The van der Waals surface area contributed by atoms with E-state index < -0.39 is 0 Å². The van der Waals surface area contributed by atoms with Crippen LogP contribution in [0.2, 0.25) is 0 Å². The first-order valence-electron chi connectivity index (χ1n) is 7.68. The van der Waals surface area contributed by atoms with Crippen molar-refractivity contribution in [3.63, 3.8) is 0 Å². The largest absolute Gasteiger partial charge is 0.508 e. The summed E-state index contributed by atoms with van der Waals surface area (Å²) in [6.07, 6.45) is 5.83. The molecule has 3 nitrogen and oxygen atoms in total. The second-order valence-electron chi connectivity index (χ2n) is 6.01.